The predicted octanol–water partition coefficient (Wildman–Crippen LogP) is 1.54. The van der Waals surface area contributed by atoms with Crippen molar-refractivity contribution in [2.24, 2.45) is 0 Å². The summed E-state index contributed by atoms with van der Waals surface area (Å²) in [7, 11) is 0. The monoisotopic (exact) mass is 406 g/mol. The van der Waals surface area contributed by atoms with Crippen molar-refractivity contribution in [3.05, 3.63) is 27.1 Å². The number of amides is 2. The van der Waals surface area contributed by atoms with Crippen molar-refractivity contribution >= 4 is 33.4 Å². The molecule has 1 aliphatic rings. The van der Waals surface area contributed by atoms with Crippen LogP contribution in [-0.4, -0.2) is 58.6 Å². The van der Waals surface area contributed by atoms with E-state index in [-0.39, 0.29) is 30.0 Å². The fourth-order valence-electron chi connectivity index (χ4n) is 3.40. The van der Waals surface area contributed by atoms with E-state index in [2.05, 4.69) is 10.3 Å². The number of ether oxygens (including phenoxy) is 1. The van der Waals surface area contributed by atoms with Crippen LogP contribution in [0.5, 0.6) is 0 Å². The van der Waals surface area contributed by atoms with Crippen molar-refractivity contribution in [2.45, 2.75) is 46.3 Å². The molecule has 0 aliphatic carbocycles. The summed E-state index contributed by atoms with van der Waals surface area (Å²) in [5, 5.41) is 3.29. The molecule has 2 aromatic heterocycles. The van der Waals surface area contributed by atoms with Crippen molar-refractivity contribution in [2.75, 3.05) is 26.2 Å². The van der Waals surface area contributed by atoms with Crippen LogP contribution < -0.4 is 10.9 Å². The maximum atomic E-state index is 12.9. The number of carbonyl (C=O) groups is 2. The van der Waals surface area contributed by atoms with Crippen LogP contribution >= 0.6 is 11.3 Å². The second-order valence-electron chi connectivity index (χ2n) is 6.83. The van der Waals surface area contributed by atoms with E-state index in [1.807, 2.05) is 13.8 Å². The number of nitrogens with one attached hydrogen (secondary N) is 1. The minimum absolute atomic E-state index is 0.0556. The Hall–Kier alpha value is -2.26. The van der Waals surface area contributed by atoms with Gasteiger partial charge in [-0.05, 0) is 39.2 Å². The van der Waals surface area contributed by atoms with Gasteiger partial charge >= 0.3 is 0 Å². The zero-order chi connectivity index (χ0) is 20.3. The molecule has 0 saturated carbocycles. The zero-order valence-corrected chi connectivity index (χ0v) is 17.3. The molecule has 0 radical (unpaired) electrons. The minimum Gasteiger partial charge on any atom is -0.376 e. The fourth-order valence-corrected chi connectivity index (χ4v) is 4.46. The average Bonchev–Trinajstić information content (AvgIpc) is 3.31. The van der Waals surface area contributed by atoms with Crippen LogP contribution in [0.4, 0.5) is 0 Å². The highest BCUT2D eigenvalue weighted by Crippen LogP contribution is 2.26. The number of hydrogen-bond donors (Lipinski definition) is 1. The topological polar surface area (TPSA) is 93.5 Å². The lowest BCUT2D eigenvalue weighted by atomic mass is 10.2. The van der Waals surface area contributed by atoms with Gasteiger partial charge in [-0.15, -0.1) is 11.3 Å². The van der Waals surface area contributed by atoms with Crippen molar-refractivity contribution in [3.8, 4) is 0 Å². The molecule has 1 N–H and O–H groups in total. The lowest BCUT2D eigenvalue weighted by Gasteiger charge is -2.18. The average molecular weight is 407 g/mol. The molecule has 1 unspecified atom stereocenters. The van der Waals surface area contributed by atoms with E-state index in [9.17, 15) is 14.4 Å². The quantitative estimate of drug-likeness (QED) is 0.753. The number of fused-ring (bicyclic) bond motifs is 1. The van der Waals surface area contributed by atoms with E-state index in [1.54, 1.807) is 11.8 Å². The summed E-state index contributed by atoms with van der Waals surface area (Å²) in [4.78, 5) is 44.8. The summed E-state index contributed by atoms with van der Waals surface area (Å²) in [5.41, 5.74) is 0.310. The molecular weight excluding hydrogens is 380 g/mol. The Bertz CT molecular complexity index is 926. The molecule has 1 saturated heterocycles. The lowest BCUT2D eigenvalue weighted by molar-refractivity contribution is -0.131. The third-order valence-electron chi connectivity index (χ3n) is 5.06. The first-order valence-electron chi connectivity index (χ1n) is 9.62. The number of aryl methyl sites for hydroxylation is 1. The number of aromatic nitrogens is 2. The smallest absolute Gasteiger partial charge is 0.262 e. The summed E-state index contributed by atoms with van der Waals surface area (Å²) < 4.78 is 6.84. The first-order valence-corrected chi connectivity index (χ1v) is 10.4. The highest BCUT2D eigenvalue weighted by atomic mass is 32.1. The van der Waals surface area contributed by atoms with Gasteiger partial charge in [0.2, 0.25) is 5.91 Å². The van der Waals surface area contributed by atoms with Crippen molar-refractivity contribution in [1.29, 1.82) is 0 Å². The van der Waals surface area contributed by atoms with E-state index in [1.165, 1.54) is 22.2 Å². The van der Waals surface area contributed by atoms with Crippen molar-refractivity contribution in [3.63, 3.8) is 0 Å². The van der Waals surface area contributed by atoms with Gasteiger partial charge < -0.3 is 15.0 Å². The highest BCUT2D eigenvalue weighted by Gasteiger charge is 2.22. The molecule has 1 aliphatic heterocycles. The van der Waals surface area contributed by atoms with Gasteiger partial charge in [0, 0.05) is 26.2 Å². The van der Waals surface area contributed by atoms with Crippen molar-refractivity contribution < 1.29 is 14.3 Å². The van der Waals surface area contributed by atoms with Crippen LogP contribution in [0.2, 0.25) is 0 Å². The molecular formula is C19H26N4O4S. The number of thiophene rings is 1. The van der Waals surface area contributed by atoms with Crippen LogP contribution in [0.25, 0.3) is 10.2 Å². The predicted molar refractivity (Wildman–Crippen MR) is 108 cm³/mol. The summed E-state index contributed by atoms with van der Waals surface area (Å²) in [6.45, 7) is 7.87. The van der Waals surface area contributed by atoms with Crippen LogP contribution in [0.15, 0.2) is 11.1 Å². The molecule has 28 heavy (non-hydrogen) atoms. The molecule has 0 spiro atoms. The lowest BCUT2D eigenvalue weighted by Crippen LogP contribution is -2.36. The Kier molecular flexibility index (Phi) is 6.46. The Morgan fingerprint density at radius 3 is 2.79 bits per heavy atom. The van der Waals surface area contributed by atoms with Crippen LogP contribution in [0.3, 0.4) is 0 Å². The standard InChI is InChI=1S/C19H26N4O4S/c1-4-22(5-2)14(24)10-23-11-21-18-15(19(23)26)12(3)16(28-18)17(25)20-9-13-7-6-8-27-13/h11,13H,4-10H2,1-3H3,(H,20,25). The fraction of sp³-hybridized carbons (Fsp3) is 0.579. The van der Waals surface area contributed by atoms with Crippen LogP contribution in [0.1, 0.15) is 41.9 Å². The van der Waals surface area contributed by atoms with Gasteiger partial charge in [0.15, 0.2) is 0 Å². The molecule has 3 rings (SSSR count). The number of likely N-dealkylation sites (N-methyl/N-ethyl adjacent to an activating group) is 1. The number of hydrogen-bond acceptors (Lipinski definition) is 6. The molecule has 1 fully saturated rings. The maximum Gasteiger partial charge on any atom is 0.262 e. The second kappa shape index (κ2) is 8.83. The van der Waals surface area contributed by atoms with Gasteiger partial charge in [-0.25, -0.2) is 4.98 Å². The van der Waals surface area contributed by atoms with Crippen LogP contribution in [-0.2, 0) is 16.1 Å². The summed E-state index contributed by atoms with van der Waals surface area (Å²) >= 11 is 1.20. The van der Waals surface area contributed by atoms with Gasteiger partial charge in [0.1, 0.15) is 11.4 Å². The third-order valence-corrected chi connectivity index (χ3v) is 6.26. The normalized spacial score (nSPS) is 16.5. The SMILES string of the molecule is CCN(CC)C(=O)Cn1cnc2sc(C(=O)NCC3CCCO3)c(C)c2c1=O. The van der Waals surface area contributed by atoms with Gasteiger partial charge in [0.05, 0.1) is 22.7 Å². The van der Waals surface area contributed by atoms with Gasteiger partial charge in [-0.1, -0.05) is 0 Å². The van der Waals surface area contributed by atoms with E-state index in [0.717, 1.165) is 19.4 Å². The first-order chi connectivity index (χ1) is 13.5. The van der Waals surface area contributed by atoms with Gasteiger partial charge in [-0.2, -0.15) is 0 Å². The van der Waals surface area contributed by atoms with Crippen molar-refractivity contribution in [1.82, 2.24) is 19.8 Å². The Balaban J connectivity index is 1.82. The van der Waals surface area contributed by atoms with Gasteiger partial charge in [-0.3, -0.25) is 19.0 Å². The molecule has 8 nitrogen and oxygen atoms in total. The van der Waals surface area contributed by atoms with Gasteiger partial charge in [0.25, 0.3) is 11.5 Å². The van der Waals surface area contributed by atoms with E-state index >= 15 is 0 Å². The third kappa shape index (κ3) is 4.10. The molecule has 2 amide bonds. The highest BCUT2D eigenvalue weighted by molar-refractivity contribution is 7.20. The number of nitrogens with zero attached hydrogens (tertiary/aromatic N) is 3. The second-order valence-corrected chi connectivity index (χ2v) is 7.82. The Morgan fingerprint density at radius 1 is 1.39 bits per heavy atom. The Morgan fingerprint density at radius 2 is 2.14 bits per heavy atom. The number of rotatable bonds is 7. The Labute approximate surface area is 167 Å². The molecule has 2 aromatic rings. The molecule has 0 aromatic carbocycles. The van der Waals surface area contributed by atoms with Crippen LogP contribution in [0, 0.1) is 6.92 Å². The largest absolute Gasteiger partial charge is 0.376 e. The molecule has 152 valence electrons. The summed E-state index contributed by atoms with van der Waals surface area (Å²) in [6.07, 6.45) is 3.40. The van der Waals surface area contributed by atoms with E-state index in [4.69, 9.17) is 4.74 Å². The molecule has 3 heterocycles. The summed E-state index contributed by atoms with van der Waals surface area (Å²) in [5.74, 6) is -0.350. The number of carbonyl (C=O) groups excluding carboxylic acids is 2. The maximum absolute atomic E-state index is 12.9. The van der Waals surface area contributed by atoms with E-state index in [0.29, 0.717) is 40.3 Å². The molecule has 0 bridgehead atoms. The first kappa shape index (κ1) is 20.5. The minimum atomic E-state index is -0.294. The van der Waals surface area contributed by atoms with E-state index < -0.39 is 0 Å². The zero-order valence-electron chi connectivity index (χ0n) is 16.5. The molecule has 9 heteroatoms. The molecule has 1 atom stereocenters. The summed E-state index contributed by atoms with van der Waals surface area (Å²) in [6, 6.07) is 0.